The lowest BCUT2D eigenvalue weighted by molar-refractivity contribution is 0.130. The largest absolute Gasteiger partial charge is 0.465 e. The molecule has 98 valence electrons. The number of halogens is 1. The van der Waals surface area contributed by atoms with Gasteiger partial charge in [0.2, 0.25) is 0 Å². The molecule has 1 amide bonds. The van der Waals surface area contributed by atoms with Gasteiger partial charge in [-0.25, -0.2) is 4.79 Å². The molecule has 2 rings (SSSR count). The number of hydrogen-bond acceptors (Lipinski definition) is 4. The molecule has 0 aliphatic carbocycles. The first-order valence-electron chi connectivity index (χ1n) is 5.78. The lowest BCUT2D eigenvalue weighted by Gasteiger charge is -2.36. The minimum atomic E-state index is -0.865. The standard InChI is InChI=1S/C11H15ClN4O2/c1-15(10-5-4-9(12)13-14-10)8-3-2-6-16(7-8)11(17)18/h4-5,8H,2-3,6-7H2,1H3,(H,17,18)/t8-/m1/s1. The van der Waals surface area contributed by atoms with Gasteiger partial charge in [-0.2, -0.15) is 0 Å². The van der Waals surface area contributed by atoms with E-state index in [-0.39, 0.29) is 6.04 Å². The van der Waals surface area contributed by atoms with Crippen molar-refractivity contribution >= 4 is 23.5 Å². The van der Waals surface area contributed by atoms with Crippen LogP contribution < -0.4 is 4.90 Å². The van der Waals surface area contributed by atoms with Crippen molar-refractivity contribution in [2.45, 2.75) is 18.9 Å². The van der Waals surface area contributed by atoms with Crippen molar-refractivity contribution in [1.82, 2.24) is 15.1 Å². The Morgan fingerprint density at radius 1 is 1.56 bits per heavy atom. The molecule has 18 heavy (non-hydrogen) atoms. The summed E-state index contributed by atoms with van der Waals surface area (Å²) < 4.78 is 0. The summed E-state index contributed by atoms with van der Waals surface area (Å²) in [6.07, 6.45) is 0.947. The van der Waals surface area contributed by atoms with Crippen LogP contribution in [0.15, 0.2) is 12.1 Å². The smallest absolute Gasteiger partial charge is 0.407 e. The summed E-state index contributed by atoms with van der Waals surface area (Å²) in [5.41, 5.74) is 0. The maximum absolute atomic E-state index is 11.0. The highest BCUT2D eigenvalue weighted by Crippen LogP contribution is 2.20. The molecule has 1 atom stereocenters. The summed E-state index contributed by atoms with van der Waals surface area (Å²) in [6, 6.07) is 3.60. The van der Waals surface area contributed by atoms with Gasteiger partial charge in [-0.05, 0) is 25.0 Å². The molecule has 1 aromatic heterocycles. The van der Waals surface area contributed by atoms with Crippen LogP contribution >= 0.6 is 11.6 Å². The molecule has 0 saturated carbocycles. The number of carbonyl (C=O) groups is 1. The molecular weight excluding hydrogens is 256 g/mol. The van der Waals surface area contributed by atoms with E-state index in [2.05, 4.69) is 10.2 Å². The van der Waals surface area contributed by atoms with Crippen molar-refractivity contribution in [3.05, 3.63) is 17.3 Å². The summed E-state index contributed by atoms with van der Waals surface area (Å²) in [4.78, 5) is 14.4. The Hall–Kier alpha value is -1.56. The number of likely N-dealkylation sites (N-methyl/N-ethyl adjacent to an activating group) is 1. The van der Waals surface area contributed by atoms with Crippen LogP contribution in [0.4, 0.5) is 10.6 Å². The number of aromatic nitrogens is 2. The Kier molecular flexibility index (Phi) is 3.86. The topological polar surface area (TPSA) is 69.6 Å². The number of anilines is 1. The molecule has 2 heterocycles. The predicted molar refractivity (Wildman–Crippen MR) is 68.1 cm³/mol. The zero-order chi connectivity index (χ0) is 13.1. The molecule has 7 heteroatoms. The Labute approximate surface area is 110 Å². The van der Waals surface area contributed by atoms with E-state index < -0.39 is 6.09 Å². The lowest BCUT2D eigenvalue weighted by Crippen LogP contribution is -2.48. The maximum Gasteiger partial charge on any atom is 0.407 e. The summed E-state index contributed by atoms with van der Waals surface area (Å²) in [5.74, 6) is 0.705. The predicted octanol–water partition coefficient (Wildman–Crippen LogP) is 1.71. The number of piperidine rings is 1. The van der Waals surface area contributed by atoms with E-state index in [1.807, 2.05) is 11.9 Å². The van der Waals surface area contributed by atoms with Crippen molar-refractivity contribution in [2.75, 3.05) is 25.0 Å². The van der Waals surface area contributed by atoms with Crippen LogP contribution in [0, 0.1) is 0 Å². The van der Waals surface area contributed by atoms with Crippen LogP contribution in [0.2, 0.25) is 5.15 Å². The highest BCUT2D eigenvalue weighted by Gasteiger charge is 2.26. The van der Waals surface area contributed by atoms with E-state index in [1.165, 1.54) is 4.90 Å². The number of nitrogens with zero attached hydrogens (tertiary/aromatic N) is 4. The second-order valence-corrected chi connectivity index (χ2v) is 4.74. The summed E-state index contributed by atoms with van der Waals surface area (Å²) in [7, 11) is 1.90. The number of rotatable bonds is 2. The van der Waals surface area contributed by atoms with Gasteiger partial charge >= 0.3 is 6.09 Å². The third kappa shape index (κ3) is 2.81. The number of carboxylic acid groups (broad SMARTS) is 1. The van der Waals surface area contributed by atoms with Crippen LogP contribution in [0.5, 0.6) is 0 Å². The van der Waals surface area contributed by atoms with Crippen LogP contribution in [-0.2, 0) is 0 Å². The molecule has 1 aromatic rings. The van der Waals surface area contributed by atoms with Gasteiger partial charge in [0.1, 0.15) is 0 Å². The fraction of sp³-hybridized carbons (Fsp3) is 0.545. The molecule has 6 nitrogen and oxygen atoms in total. The van der Waals surface area contributed by atoms with Gasteiger partial charge in [0.05, 0.1) is 0 Å². The fourth-order valence-corrected chi connectivity index (χ4v) is 2.23. The summed E-state index contributed by atoms with van der Waals surface area (Å²) in [6.45, 7) is 1.10. The van der Waals surface area contributed by atoms with Crippen LogP contribution in [0.25, 0.3) is 0 Å². The average Bonchev–Trinajstić information content (AvgIpc) is 2.39. The quantitative estimate of drug-likeness (QED) is 0.886. The first-order valence-corrected chi connectivity index (χ1v) is 6.15. The number of hydrogen-bond donors (Lipinski definition) is 1. The van der Waals surface area contributed by atoms with Crippen molar-refractivity contribution < 1.29 is 9.90 Å². The lowest BCUT2D eigenvalue weighted by atomic mass is 10.1. The highest BCUT2D eigenvalue weighted by molar-refractivity contribution is 6.29. The molecule has 0 unspecified atom stereocenters. The second kappa shape index (κ2) is 5.39. The van der Waals surface area contributed by atoms with E-state index >= 15 is 0 Å². The summed E-state index contributed by atoms with van der Waals surface area (Å²) in [5, 5.41) is 17.2. The average molecular weight is 271 g/mol. The zero-order valence-corrected chi connectivity index (χ0v) is 10.8. The third-order valence-electron chi connectivity index (χ3n) is 3.19. The molecule has 0 aromatic carbocycles. The van der Waals surface area contributed by atoms with E-state index in [9.17, 15) is 4.79 Å². The Morgan fingerprint density at radius 3 is 2.94 bits per heavy atom. The molecule has 1 aliphatic rings. The molecule has 0 radical (unpaired) electrons. The summed E-state index contributed by atoms with van der Waals surface area (Å²) >= 11 is 5.69. The van der Waals surface area contributed by atoms with Gasteiger partial charge in [0.25, 0.3) is 0 Å². The van der Waals surface area contributed by atoms with Crippen LogP contribution in [0.1, 0.15) is 12.8 Å². The third-order valence-corrected chi connectivity index (χ3v) is 3.40. The molecule has 1 saturated heterocycles. The Bertz CT molecular complexity index is 426. The first-order chi connectivity index (χ1) is 8.58. The van der Waals surface area contributed by atoms with E-state index in [4.69, 9.17) is 16.7 Å². The zero-order valence-electron chi connectivity index (χ0n) is 10.1. The maximum atomic E-state index is 11.0. The van der Waals surface area contributed by atoms with Gasteiger partial charge in [-0.3, -0.25) is 0 Å². The van der Waals surface area contributed by atoms with Crippen LogP contribution in [0.3, 0.4) is 0 Å². The van der Waals surface area contributed by atoms with Gasteiger partial charge in [-0.1, -0.05) is 11.6 Å². The molecule has 1 N–H and O–H groups in total. The molecule has 1 fully saturated rings. The minimum Gasteiger partial charge on any atom is -0.465 e. The van der Waals surface area contributed by atoms with Crippen LogP contribution in [-0.4, -0.2) is 52.5 Å². The van der Waals surface area contributed by atoms with Gasteiger partial charge in [-0.15, -0.1) is 10.2 Å². The molecule has 1 aliphatic heterocycles. The number of likely N-dealkylation sites (tertiary alicyclic amines) is 1. The monoisotopic (exact) mass is 270 g/mol. The molecule has 0 bridgehead atoms. The van der Waals surface area contributed by atoms with E-state index in [0.29, 0.717) is 24.1 Å². The highest BCUT2D eigenvalue weighted by atomic mass is 35.5. The van der Waals surface area contributed by atoms with E-state index in [1.54, 1.807) is 12.1 Å². The van der Waals surface area contributed by atoms with Gasteiger partial charge in [0, 0.05) is 26.2 Å². The molecular formula is C11H15ClN4O2. The molecule has 0 spiro atoms. The normalized spacial score (nSPS) is 19.7. The Morgan fingerprint density at radius 2 is 2.33 bits per heavy atom. The second-order valence-electron chi connectivity index (χ2n) is 4.35. The minimum absolute atomic E-state index is 0.130. The van der Waals surface area contributed by atoms with Crippen molar-refractivity contribution in [3.63, 3.8) is 0 Å². The van der Waals surface area contributed by atoms with Crippen molar-refractivity contribution in [1.29, 1.82) is 0 Å². The van der Waals surface area contributed by atoms with Crippen molar-refractivity contribution in [2.24, 2.45) is 0 Å². The van der Waals surface area contributed by atoms with E-state index in [0.717, 1.165) is 12.8 Å². The van der Waals surface area contributed by atoms with Gasteiger partial charge in [0.15, 0.2) is 11.0 Å². The first kappa shape index (κ1) is 12.9. The SMILES string of the molecule is CN(c1ccc(Cl)nn1)[C@@H]1CCCN(C(=O)O)C1. The van der Waals surface area contributed by atoms with Crippen molar-refractivity contribution in [3.8, 4) is 0 Å². The number of amides is 1. The Balaban J connectivity index is 2.06. The van der Waals surface area contributed by atoms with Gasteiger partial charge < -0.3 is 14.9 Å². The fourth-order valence-electron chi connectivity index (χ4n) is 2.13.